The van der Waals surface area contributed by atoms with Gasteiger partial charge in [-0.15, -0.1) is 24.8 Å². The van der Waals surface area contributed by atoms with Crippen LogP contribution in [0.15, 0.2) is 24.3 Å². The summed E-state index contributed by atoms with van der Waals surface area (Å²) >= 11 is 0. The molecule has 2 aliphatic rings. The van der Waals surface area contributed by atoms with Crippen LogP contribution in [0.25, 0.3) is 0 Å². The van der Waals surface area contributed by atoms with Gasteiger partial charge in [0.2, 0.25) is 5.91 Å². The highest BCUT2D eigenvalue weighted by molar-refractivity contribution is 5.85. The van der Waals surface area contributed by atoms with Crippen LogP contribution < -0.4 is 15.4 Å². The Morgan fingerprint density at radius 2 is 2.10 bits per heavy atom. The Morgan fingerprint density at radius 3 is 2.79 bits per heavy atom. The van der Waals surface area contributed by atoms with E-state index in [1.165, 1.54) is 0 Å². The van der Waals surface area contributed by atoms with Crippen LogP contribution in [-0.4, -0.2) is 74.1 Å². The van der Waals surface area contributed by atoms with E-state index in [-0.39, 0.29) is 36.8 Å². The molecule has 0 saturated carbocycles. The van der Waals surface area contributed by atoms with Gasteiger partial charge in [0.1, 0.15) is 12.4 Å². The van der Waals surface area contributed by atoms with Crippen molar-refractivity contribution in [1.82, 2.24) is 15.5 Å². The van der Waals surface area contributed by atoms with Gasteiger partial charge in [0.15, 0.2) is 0 Å². The molecule has 3 rings (SSSR count). The van der Waals surface area contributed by atoms with Crippen molar-refractivity contribution in [2.45, 2.75) is 44.0 Å². The van der Waals surface area contributed by atoms with Gasteiger partial charge in [0.25, 0.3) is 0 Å². The van der Waals surface area contributed by atoms with E-state index < -0.39 is 6.10 Å². The van der Waals surface area contributed by atoms with Gasteiger partial charge in [-0.3, -0.25) is 9.69 Å². The zero-order valence-corrected chi connectivity index (χ0v) is 18.5. The third-order valence-corrected chi connectivity index (χ3v) is 5.32. The van der Waals surface area contributed by atoms with Crippen LogP contribution in [-0.2, 0) is 16.1 Å². The molecule has 1 aromatic carbocycles. The van der Waals surface area contributed by atoms with Crippen LogP contribution in [0.3, 0.4) is 0 Å². The number of hydrogen-bond donors (Lipinski definition) is 3. The molecular weight excluding hydrogens is 417 g/mol. The van der Waals surface area contributed by atoms with Crippen LogP contribution in [0.1, 0.15) is 24.8 Å². The Morgan fingerprint density at radius 1 is 1.34 bits per heavy atom. The van der Waals surface area contributed by atoms with Gasteiger partial charge >= 0.3 is 0 Å². The molecule has 9 heteroatoms. The molecule has 0 radical (unpaired) electrons. The highest BCUT2D eigenvalue weighted by atomic mass is 35.5. The smallest absolute Gasteiger partial charge is 0.237 e. The van der Waals surface area contributed by atoms with Crippen LogP contribution >= 0.6 is 24.8 Å². The van der Waals surface area contributed by atoms with E-state index in [1.54, 1.807) is 0 Å². The molecule has 2 atom stereocenters. The van der Waals surface area contributed by atoms with E-state index in [0.29, 0.717) is 32.2 Å². The number of rotatable bonds is 8. The number of amides is 1. The molecule has 3 N–H and O–H groups in total. The first-order valence-electron chi connectivity index (χ1n) is 9.80. The van der Waals surface area contributed by atoms with Crippen LogP contribution in [0.2, 0.25) is 0 Å². The highest BCUT2D eigenvalue weighted by Gasteiger charge is 2.27. The summed E-state index contributed by atoms with van der Waals surface area (Å²) in [5.41, 5.74) is 0.997. The number of β-amino-alcohol motifs (C(OH)–C–C–N with tert-alkyl or cyclic N) is 1. The van der Waals surface area contributed by atoms with Crippen molar-refractivity contribution in [3.05, 3.63) is 29.8 Å². The molecule has 29 heavy (non-hydrogen) atoms. The minimum absolute atomic E-state index is 0. The zero-order chi connectivity index (χ0) is 19.1. The number of aliphatic hydroxyl groups excluding tert-OH is 1. The second kappa shape index (κ2) is 13.3. The maximum Gasteiger partial charge on any atom is 0.237 e. The van der Waals surface area contributed by atoms with Crippen molar-refractivity contribution in [2.24, 2.45) is 0 Å². The molecule has 166 valence electrons. The van der Waals surface area contributed by atoms with E-state index >= 15 is 0 Å². The van der Waals surface area contributed by atoms with Crippen molar-refractivity contribution >= 4 is 30.7 Å². The number of nitrogens with zero attached hydrogens (tertiary/aromatic N) is 1. The van der Waals surface area contributed by atoms with Gasteiger partial charge < -0.3 is 25.2 Å². The third-order valence-electron chi connectivity index (χ3n) is 5.32. The van der Waals surface area contributed by atoms with Crippen molar-refractivity contribution in [2.75, 3.05) is 40.0 Å². The Balaban J connectivity index is 0.00000210. The molecule has 0 aromatic heterocycles. The predicted molar refractivity (Wildman–Crippen MR) is 117 cm³/mol. The van der Waals surface area contributed by atoms with Gasteiger partial charge in [-0.2, -0.15) is 0 Å². The molecule has 2 saturated heterocycles. The lowest BCUT2D eigenvalue weighted by Gasteiger charge is -2.31. The summed E-state index contributed by atoms with van der Waals surface area (Å²) in [6.07, 6.45) is 2.20. The largest absolute Gasteiger partial charge is 0.492 e. The first-order valence-corrected chi connectivity index (χ1v) is 9.80. The summed E-state index contributed by atoms with van der Waals surface area (Å²) in [7, 11) is 2.14. The lowest BCUT2D eigenvalue weighted by molar-refractivity contribution is -0.123. The molecule has 0 bridgehead atoms. The fraction of sp³-hybridized carbons (Fsp3) is 0.650. The highest BCUT2D eigenvalue weighted by Crippen LogP contribution is 2.15. The lowest BCUT2D eigenvalue weighted by atomic mass is 10.1. The molecule has 0 aliphatic carbocycles. The van der Waals surface area contributed by atoms with Crippen LogP contribution in [0, 0.1) is 0 Å². The Hall–Kier alpha value is -1.09. The number of carbonyl (C=O) groups excluding carboxylic acids is 1. The maximum atomic E-state index is 12.1. The SMILES string of the molecule is CN(CCOc1cccc(CNC(=O)C2CC(O)CN2)c1)C1CCOCC1.Cl.Cl. The predicted octanol–water partition coefficient (Wildman–Crippen LogP) is 1.36. The Labute approximate surface area is 185 Å². The summed E-state index contributed by atoms with van der Waals surface area (Å²) in [5.74, 6) is 0.743. The molecule has 2 fully saturated rings. The average Bonchev–Trinajstić information content (AvgIpc) is 3.13. The molecule has 1 amide bonds. The van der Waals surface area contributed by atoms with Gasteiger partial charge in [-0.05, 0) is 44.0 Å². The van der Waals surface area contributed by atoms with Gasteiger partial charge in [0, 0.05) is 38.9 Å². The lowest BCUT2D eigenvalue weighted by Crippen LogP contribution is -2.40. The summed E-state index contributed by atoms with van der Waals surface area (Å²) in [6, 6.07) is 8.08. The van der Waals surface area contributed by atoms with E-state index in [1.807, 2.05) is 24.3 Å². The second-order valence-electron chi connectivity index (χ2n) is 7.39. The monoisotopic (exact) mass is 449 g/mol. The number of hydrogen-bond acceptors (Lipinski definition) is 6. The van der Waals surface area contributed by atoms with E-state index in [0.717, 1.165) is 43.9 Å². The van der Waals surface area contributed by atoms with Crippen LogP contribution in [0.5, 0.6) is 5.75 Å². The summed E-state index contributed by atoms with van der Waals surface area (Å²) in [5, 5.41) is 15.4. The average molecular weight is 450 g/mol. The van der Waals surface area contributed by atoms with Gasteiger partial charge in [0.05, 0.1) is 12.1 Å². The number of likely N-dealkylation sites (N-methyl/N-ethyl adjacent to an activating group) is 1. The van der Waals surface area contributed by atoms with E-state index in [9.17, 15) is 9.90 Å². The molecule has 2 aliphatic heterocycles. The second-order valence-corrected chi connectivity index (χ2v) is 7.39. The fourth-order valence-corrected chi connectivity index (χ4v) is 3.59. The van der Waals surface area contributed by atoms with Gasteiger partial charge in [-0.1, -0.05) is 12.1 Å². The first kappa shape index (κ1) is 25.9. The van der Waals surface area contributed by atoms with Crippen LogP contribution in [0.4, 0.5) is 0 Å². The minimum Gasteiger partial charge on any atom is -0.492 e. The Bertz CT molecular complexity index is 617. The van der Waals surface area contributed by atoms with Crippen molar-refractivity contribution in [3.63, 3.8) is 0 Å². The first-order chi connectivity index (χ1) is 13.1. The normalized spacial score (nSPS) is 21.9. The molecule has 1 aromatic rings. The van der Waals surface area contributed by atoms with Crippen molar-refractivity contribution < 1.29 is 19.4 Å². The topological polar surface area (TPSA) is 83.1 Å². The van der Waals surface area contributed by atoms with E-state index in [2.05, 4.69) is 22.6 Å². The quantitative estimate of drug-likeness (QED) is 0.555. The number of halogens is 2. The molecule has 2 heterocycles. The summed E-state index contributed by atoms with van der Waals surface area (Å²) in [4.78, 5) is 14.5. The molecule has 2 unspecified atom stereocenters. The zero-order valence-electron chi connectivity index (χ0n) is 16.8. The molecule has 0 spiro atoms. The number of ether oxygens (including phenoxy) is 2. The minimum atomic E-state index is -0.434. The summed E-state index contributed by atoms with van der Waals surface area (Å²) < 4.78 is 11.3. The van der Waals surface area contributed by atoms with Gasteiger partial charge in [-0.25, -0.2) is 0 Å². The number of nitrogens with one attached hydrogen (secondary N) is 2. The summed E-state index contributed by atoms with van der Waals surface area (Å²) in [6.45, 7) is 4.13. The number of benzene rings is 1. The third kappa shape index (κ3) is 8.28. The fourth-order valence-electron chi connectivity index (χ4n) is 3.59. The maximum absolute atomic E-state index is 12.1. The standard InChI is InChI=1S/C20H31N3O4.2ClH/c1-23(16-5-8-26-9-6-16)7-10-27-18-4-2-3-15(11-18)13-22-20(25)19-12-17(24)14-21-19;;/h2-4,11,16-17,19,21,24H,5-10,12-14H2,1H3,(H,22,25);2*1H. The number of aliphatic hydroxyl groups is 1. The van der Waals surface area contributed by atoms with Crippen molar-refractivity contribution in [1.29, 1.82) is 0 Å². The number of carbonyl (C=O) groups is 1. The van der Waals surface area contributed by atoms with E-state index in [4.69, 9.17) is 9.47 Å². The Kier molecular flexibility index (Phi) is 11.9. The molecule has 7 nitrogen and oxygen atoms in total. The van der Waals surface area contributed by atoms with Crippen molar-refractivity contribution in [3.8, 4) is 5.75 Å². The molecular formula is C20H33Cl2N3O4.